The molecule has 1 atom stereocenters. The second kappa shape index (κ2) is 8.66. The lowest BCUT2D eigenvalue weighted by molar-refractivity contribution is -0.132. The normalized spacial score (nSPS) is 17.7. The molecule has 1 aliphatic rings. The first-order valence-electron chi connectivity index (χ1n) is 9.86. The molecule has 0 aliphatic carbocycles. The van der Waals surface area contributed by atoms with Crippen LogP contribution >= 0.6 is 11.6 Å². The summed E-state index contributed by atoms with van der Waals surface area (Å²) in [5, 5.41) is 11.5. The smallest absolute Gasteiger partial charge is 0.300 e. The summed E-state index contributed by atoms with van der Waals surface area (Å²) in [6.07, 6.45) is 0. The molecule has 156 valence electrons. The minimum Gasteiger partial charge on any atom is -0.507 e. The fourth-order valence-electron chi connectivity index (χ4n) is 3.68. The lowest BCUT2D eigenvalue weighted by Gasteiger charge is -2.25. The fraction of sp³-hybridized carbons (Fsp3) is 0.120. The van der Waals surface area contributed by atoms with Crippen LogP contribution in [0, 0.1) is 0 Å². The summed E-state index contributed by atoms with van der Waals surface area (Å²) in [4.78, 5) is 27.5. The molecule has 31 heavy (non-hydrogen) atoms. The largest absolute Gasteiger partial charge is 0.507 e. The van der Waals surface area contributed by atoms with Crippen LogP contribution in [0.1, 0.15) is 24.1 Å². The summed E-state index contributed by atoms with van der Waals surface area (Å²) in [6.45, 7) is 2.41. The van der Waals surface area contributed by atoms with Crippen molar-refractivity contribution >= 4 is 34.7 Å². The number of rotatable bonds is 5. The highest BCUT2D eigenvalue weighted by Gasteiger charge is 2.46. The fourth-order valence-corrected chi connectivity index (χ4v) is 3.81. The van der Waals surface area contributed by atoms with Crippen LogP contribution in [-0.2, 0) is 9.59 Å². The van der Waals surface area contributed by atoms with E-state index in [1.54, 1.807) is 72.8 Å². The Bertz CT molecular complexity index is 1140. The van der Waals surface area contributed by atoms with Crippen LogP contribution in [-0.4, -0.2) is 23.4 Å². The van der Waals surface area contributed by atoms with Gasteiger partial charge in [0.1, 0.15) is 11.5 Å². The number of ketones is 1. The predicted molar refractivity (Wildman–Crippen MR) is 120 cm³/mol. The van der Waals surface area contributed by atoms with Gasteiger partial charge < -0.3 is 9.84 Å². The molecular weight excluding hydrogens is 414 g/mol. The first-order valence-corrected chi connectivity index (χ1v) is 10.2. The molecule has 1 amide bonds. The summed E-state index contributed by atoms with van der Waals surface area (Å²) in [5.74, 6) is -1.00. The van der Waals surface area contributed by atoms with Gasteiger partial charge in [-0.25, -0.2) is 0 Å². The molecular formula is C25H20ClNO4. The minimum atomic E-state index is -0.796. The third-order valence-electron chi connectivity index (χ3n) is 5.10. The number of halogens is 1. The maximum atomic E-state index is 13.1. The van der Waals surface area contributed by atoms with Crippen molar-refractivity contribution in [2.45, 2.75) is 13.0 Å². The van der Waals surface area contributed by atoms with Gasteiger partial charge in [0.15, 0.2) is 0 Å². The number of hydrogen-bond acceptors (Lipinski definition) is 4. The van der Waals surface area contributed by atoms with E-state index in [0.29, 0.717) is 34.2 Å². The van der Waals surface area contributed by atoms with E-state index in [1.165, 1.54) is 4.90 Å². The number of hydrogen-bond donors (Lipinski definition) is 1. The third-order valence-corrected chi connectivity index (χ3v) is 5.36. The van der Waals surface area contributed by atoms with E-state index < -0.39 is 17.7 Å². The van der Waals surface area contributed by atoms with Gasteiger partial charge in [-0.05, 0) is 48.9 Å². The Balaban J connectivity index is 1.88. The molecule has 0 bridgehead atoms. The summed E-state index contributed by atoms with van der Waals surface area (Å²) in [6, 6.07) is 21.7. The number of nitrogens with zero attached hydrogens (tertiary/aromatic N) is 1. The molecule has 0 saturated carbocycles. The van der Waals surface area contributed by atoms with Gasteiger partial charge in [-0.3, -0.25) is 14.5 Å². The van der Waals surface area contributed by atoms with Crippen molar-refractivity contribution in [1.82, 2.24) is 0 Å². The summed E-state index contributed by atoms with van der Waals surface area (Å²) < 4.78 is 5.48. The number of Topliss-reactive ketones (excluding diaryl/α,β-unsaturated/α-hetero) is 1. The third kappa shape index (κ3) is 3.92. The first-order chi connectivity index (χ1) is 15.0. The van der Waals surface area contributed by atoms with Crippen LogP contribution in [0.4, 0.5) is 5.69 Å². The predicted octanol–water partition coefficient (Wildman–Crippen LogP) is 5.37. The first kappa shape index (κ1) is 20.7. The van der Waals surface area contributed by atoms with Gasteiger partial charge in [-0.1, -0.05) is 54.1 Å². The van der Waals surface area contributed by atoms with E-state index in [1.807, 2.05) is 13.0 Å². The van der Waals surface area contributed by atoms with Crippen molar-refractivity contribution in [2.75, 3.05) is 11.5 Å². The van der Waals surface area contributed by atoms with E-state index in [-0.39, 0.29) is 11.3 Å². The van der Waals surface area contributed by atoms with Gasteiger partial charge in [0.25, 0.3) is 11.7 Å². The van der Waals surface area contributed by atoms with Gasteiger partial charge in [-0.15, -0.1) is 0 Å². The van der Waals surface area contributed by atoms with Crippen LogP contribution < -0.4 is 9.64 Å². The molecule has 6 heteroatoms. The van der Waals surface area contributed by atoms with E-state index in [4.69, 9.17) is 16.3 Å². The maximum Gasteiger partial charge on any atom is 0.300 e. The van der Waals surface area contributed by atoms with Crippen molar-refractivity contribution in [3.63, 3.8) is 0 Å². The van der Waals surface area contributed by atoms with Crippen LogP contribution in [0.25, 0.3) is 5.76 Å². The number of aliphatic hydroxyl groups is 1. The number of anilines is 1. The van der Waals surface area contributed by atoms with E-state index >= 15 is 0 Å². The Morgan fingerprint density at radius 2 is 1.61 bits per heavy atom. The zero-order chi connectivity index (χ0) is 22.0. The maximum absolute atomic E-state index is 13.1. The Morgan fingerprint density at radius 1 is 0.968 bits per heavy atom. The molecule has 5 nitrogen and oxygen atoms in total. The Hall–Kier alpha value is -3.57. The van der Waals surface area contributed by atoms with E-state index in [9.17, 15) is 14.7 Å². The van der Waals surface area contributed by atoms with Crippen molar-refractivity contribution < 1.29 is 19.4 Å². The molecule has 0 radical (unpaired) electrons. The quantitative estimate of drug-likeness (QED) is 0.334. The molecule has 3 aromatic rings. The second-order valence-electron chi connectivity index (χ2n) is 7.01. The van der Waals surface area contributed by atoms with Crippen molar-refractivity contribution in [3.8, 4) is 5.75 Å². The number of aliphatic hydroxyl groups excluding tert-OH is 1. The highest BCUT2D eigenvalue weighted by molar-refractivity contribution is 6.51. The minimum absolute atomic E-state index is 0.0346. The van der Waals surface area contributed by atoms with Gasteiger partial charge in [0.2, 0.25) is 0 Å². The molecule has 1 N–H and O–H groups in total. The summed E-state index contributed by atoms with van der Waals surface area (Å²) in [5.41, 5.74) is 1.69. The zero-order valence-corrected chi connectivity index (χ0v) is 17.5. The van der Waals surface area contributed by atoms with Crippen molar-refractivity contribution in [1.29, 1.82) is 0 Å². The van der Waals surface area contributed by atoms with Gasteiger partial charge in [-0.2, -0.15) is 0 Å². The molecule has 3 aromatic carbocycles. The second-order valence-corrected chi connectivity index (χ2v) is 7.45. The molecule has 0 unspecified atom stereocenters. The monoisotopic (exact) mass is 433 g/mol. The standard InChI is InChI=1S/C25H20ClNO4/c1-2-31-20-14-12-19(13-15-20)27-22(16-8-10-18(26)11-9-16)21(24(29)25(27)30)23(28)17-6-4-3-5-7-17/h3-15,22,28H,2H2,1H3/b23-21+/t22-/m0/s1. The number of carbonyl (C=O) groups excluding carboxylic acids is 2. The Kier molecular flexibility index (Phi) is 5.78. The zero-order valence-electron chi connectivity index (χ0n) is 16.8. The van der Waals surface area contributed by atoms with Crippen molar-refractivity contribution in [2.24, 2.45) is 0 Å². The van der Waals surface area contributed by atoms with Crippen LogP contribution in [0.2, 0.25) is 5.02 Å². The highest BCUT2D eigenvalue weighted by atomic mass is 35.5. The van der Waals surface area contributed by atoms with Crippen LogP contribution in [0.3, 0.4) is 0 Å². The molecule has 0 spiro atoms. The molecule has 0 aromatic heterocycles. The number of amides is 1. The Morgan fingerprint density at radius 3 is 2.23 bits per heavy atom. The number of ether oxygens (including phenoxy) is 1. The number of carbonyl (C=O) groups is 2. The summed E-state index contributed by atoms with van der Waals surface area (Å²) >= 11 is 6.05. The van der Waals surface area contributed by atoms with E-state index in [2.05, 4.69) is 0 Å². The number of benzene rings is 3. The topological polar surface area (TPSA) is 66.8 Å². The average molecular weight is 434 g/mol. The van der Waals surface area contributed by atoms with Gasteiger partial charge in [0.05, 0.1) is 18.2 Å². The lowest BCUT2D eigenvalue weighted by atomic mass is 9.95. The van der Waals surface area contributed by atoms with Gasteiger partial charge in [0, 0.05) is 16.3 Å². The lowest BCUT2D eigenvalue weighted by Crippen LogP contribution is -2.29. The van der Waals surface area contributed by atoms with Crippen LogP contribution in [0.5, 0.6) is 5.75 Å². The summed E-state index contributed by atoms with van der Waals surface area (Å²) in [7, 11) is 0. The van der Waals surface area contributed by atoms with Crippen LogP contribution in [0.15, 0.2) is 84.4 Å². The van der Waals surface area contributed by atoms with E-state index in [0.717, 1.165) is 0 Å². The molecule has 4 rings (SSSR count). The van der Waals surface area contributed by atoms with Gasteiger partial charge >= 0.3 is 0 Å². The highest BCUT2D eigenvalue weighted by Crippen LogP contribution is 2.42. The molecule has 1 saturated heterocycles. The molecule has 1 fully saturated rings. The Labute approximate surface area is 185 Å². The molecule has 1 aliphatic heterocycles. The average Bonchev–Trinajstić information content (AvgIpc) is 3.06. The molecule has 1 heterocycles. The van der Waals surface area contributed by atoms with Crippen molar-refractivity contribution in [3.05, 3.63) is 101 Å². The SMILES string of the molecule is CCOc1ccc(N2C(=O)C(=O)/C(=C(/O)c3ccccc3)[C@@H]2c2ccc(Cl)cc2)cc1.